The van der Waals surface area contributed by atoms with Crippen LogP contribution in [0.3, 0.4) is 0 Å². The van der Waals surface area contributed by atoms with Gasteiger partial charge in [-0.1, -0.05) is 12.1 Å². The summed E-state index contributed by atoms with van der Waals surface area (Å²) in [5, 5.41) is 0.960. The van der Waals surface area contributed by atoms with Gasteiger partial charge >= 0.3 is 0 Å². The predicted molar refractivity (Wildman–Crippen MR) is 123 cm³/mol. The molecule has 0 radical (unpaired) electrons. The third-order valence-corrected chi connectivity index (χ3v) is 6.16. The fourth-order valence-corrected chi connectivity index (χ4v) is 4.39. The lowest BCUT2D eigenvalue weighted by Crippen LogP contribution is -2.30. The Balaban J connectivity index is 1.43. The standard InChI is InChI=1S/C26H28N2O4/c1-18-8-10-22-19(2)25(32-23(22)15-18)26(29)28(16-20-7-6-14-30-20)17-21-9-11-24(31-21)27-12-4-3-5-13-27/h6-11,14-15H,3-5,12-13,16-17H2,1-2H3. The van der Waals surface area contributed by atoms with Crippen molar-refractivity contribution in [3.05, 3.63) is 77.1 Å². The van der Waals surface area contributed by atoms with Gasteiger partial charge in [0.1, 0.15) is 17.1 Å². The number of hydrogen-bond donors (Lipinski definition) is 0. The van der Waals surface area contributed by atoms with E-state index in [1.807, 2.05) is 56.3 Å². The molecule has 0 atom stereocenters. The fraction of sp³-hybridized carbons (Fsp3) is 0.346. The molecule has 0 spiro atoms. The van der Waals surface area contributed by atoms with Crippen molar-refractivity contribution in [3.8, 4) is 0 Å². The minimum atomic E-state index is -0.177. The molecule has 1 fully saturated rings. The summed E-state index contributed by atoms with van der Waals surface area (Å²) in [5.41, 5.74) is 2.68. The van der Waals surface area contributed by atoms with Gasteiger partial charge in [0.15, 0.2) is 11.6 Å². The van der Waals surface area contributed by atoms with Crippen LogP contribution in [0.25, 0.3) is 11.0 Å². The highest BCUT2D eigenvalue weighted by Gasteiger charge is 2.26. The van der Waals surface area contributed by atoms with Crippen LogP contribution in [0.1, 0.15) is 52.5 Å². The van der Waals surface area contributed by atoms with Crippen molar-refractivity contribution in [2.24, 2.45) is 0 Å². The Morgan fingerprint density at radius 2 is 1.78 bits per heavy atom. The molecule has 0 bridgehead atoms. The Morgan fingerprint density at radius 3 is 2.56 bits per heavy atom. The van der Waals surface area contributed by atoms with E-state index < -0.39 is 0 Å². The zero-order chi connectivity index (χ0) is 22.1. The topological polar surface area (TPSA) is 63.0 Å². The van der Waals surface area contributed by atoms with Crippen LogP contribution in [-0.4, -0.2) is 23.9 Å². The number of rotatable bonds is 6. The van der Waals surface area contributed by atoms with E-state index in [0.717, 1.165) is 46.8 Å². The van der Waals surface area contributed by atoms with E-state index in [1.165, 1.54) is 19.3 Å². The third-order valence-electron chi connectivity index (χ3n) is 6.16. The number of aryl methyl sites for hydroxylation is 2. The van der Waals surface area contributed by atoms with E-state index in [-0.39, 0.29) is 5.91 Å². The average molecular weight is 433 g/mol. The molecule has 4 heterocycles. The SMILES string of the molecule is Cc1ccc2c(C)c(C(=O)N(Cc3ccco3)Cc3ccc(N4CCCCC4)o3)oc2c1. The molecule has 3 aromatic heterocycles. The molecule has 5 rings (SSSR count). The number of anilines is 1. The molecule has 1 saturated heterocycles. The number of hydrogen-bond acceptors (Lipinski definition) is 5. The summed E-state index contributed by atoms with van der Waals surface area (Å²) in [4.78, 5) is 17.6. The van der Waals surface area contributed by atoms with Gasteiger partial charge in [-0.2, -0.15) is 0 Å². The first-order chi connectivity index (χ1) is 15.6. The van der Waals surface area contributed by atoms with Crippen LogP contribution < -0.4 is 4.90 Å². The lowest BCUT2D eigenvalue weighted by Gasteiger charge is -2.26. The molecule has 0 N–H and O–H groups in total. The Morgan fingerprint density at radius 1 is 0.969 bits per heavy atom. The average Bonchev–Trinajstić information content (AvgIpc) is 3.55. The van der Waals surface area contributed by atoms with Gasteiger partial charge in [-0.3, -0.25) is 4.79 Å². The van der Waals surface area contributed by atoms with Crippen LogP contribution in [0.15, 0.2) is 62.0 Å². The lowest BCUT2D eigenvalue weighted by molar-refractivity contribution is 0.0674. The number of fused-ring (bicyclic) bond motifs is 1. The normalized spacial score (nSPS) is 14.2. The molecule has 32 heavy (non-hydrogen) atoms. The molecular weight excluding hydrogens is 404 g/mol. The maximum absolute atomic E-state index is 13.6. The van der Waals surface area contributed by atoms with Crippen LogP contribution in [-0.2, 0) is 13.1 Å². The highest BCUT2D eigenvalue weighted by molar-refractivity contribution is 5.99. The molecule has 1 aliphatic heterocycles. The number of carbonyl (C=O) groups is 1. The van der Waals surface area contributed by atoms with E-state index in [9.17, 15) is 4.79 Å². The lowest BCUT2D eigenvalue weighted by atomic mass is 10.1. The van der Waals surface area contributed by atoms with Crippen molar-refractivity contribution < 1.29 is 18.0 Å². The molecule has 6 nitrogen and oxygen atoms in total. The summed E-state index contributed by atoms with van der Waals surface area (Å²) < 4.78 is 17.7. The van der Waals surface area contributed by atoms with Gasteiger partial charge < -0.3 is 23.1 Å². The first-order valence-corrected chi connectivity index (χ1v) is 11.2. The number of nitrogens with zero attached hydrogens (tertiary/aromatic N) is 2. The van der Waals surface area contributed by atoms with Crippen molar-refractivity contribution >= 4 is 22.8 Å². The molecule has 166 valence electrons. The van der Waals surface area contributed by atoms with Gasteiger partial charge in [0.2, 0.25) is 0 Å². The molecule has 6 heteroatoms. The third kappa shape index (κ3) is 4.05. The Labute approximate surface area is 187 Å². The van der Waals surface area contributed by atoms with Crippen molar-refractivity contribution in [1.29, 1.82) is 0 Å². The van der Waals surface area contributed by atoms with Crippen molar-refractivity contribution in [2.45, 2.75) is 46.2 Å². The van der Waals surface area contributed by atoms with Gasteiger partial charge in [-0.15, -0.1) is 0 Å². The number of amides is 1. The summed E-state index contributed by atoms with van der Waals surface area (Å²) in [5.74, 6) is 2.52. The van der Waals surface area contributed by atoms with Crippen LogP contribution in [0, 0.1) is 13.8 Å². The van der Waals surface area contributed by atoms with Crippen LogP contribution in [0.5, 0.6) is 0 Å². The summed E-state index contributed by atoms with van der Waals surface area (Å²) in [6.45, 7) is 6.64. The second-order valence-electron chi connectivity index (χ2n) is 8.58. The minimum absolute atomic E-state index is 0.177. The van der Waals surface area contributed by atoms with Crippen LogP contribution in [0.2, 0.25) is 0 Å². The van der Waals surface area contributed by atoms with E-state index in [4.69, 9.17) is 13.3 Å². The van der Waals surface area contributed by atoms with E-state index in [2.05, 4.69) is 4.90 Å². The van der Waals surface area contributed by atoms with Gasteiger partial charge in [0.05, 0.1) is 19.4 Å². The largest absolute Gasteiger partial charge is 0.467 e. The van der Waals surface area contributed by atoms with Gasteiger partial charge in [-0.25, -0.2) is 0 Å². The number of carbonyl (C=O) groups excluding carboxylic acids is 1. The van der Waals surface area contributed by atoms with Crippen molar-refractivity contribution in [1.82, 2.24) is 4.90 Å². The van der Waals surface area contributed by atoms with Crippen LogP contribution in [0.4, 0.5) is 5.88 Å². The first kappa shape index (κ1) is 20.5. The smallest absolute Gasteiger partial charge is 0.290 e. The number of furan rings is 3. The van der Waals surface area contributed by atoms with E-state index >= 15 is 0 Å². The molecule has 1 aromatic carbocycles. The van der Waals surface area contributed by atoms with Crippen molar-refractivity contribution in [3.63, 3.8) is 0 Å². The molecule has 0 saturated carbocycles. The molecule has 1 amide bonds. The summed E-state index contributed by atoms with van der Waals surface area (Å²) >= 11 is 0. The molecular formula is C26H28N2O4. The number of piperidine rings is 1. The molecule has 0 unspecified atom stereocenters. The zero-order valence-corrected chi connectivity index (χ0v) is 18.6. The molecule has 0 aliphatic carbocycles. The predicted octanol–water partition coefficient (Wildman–Crippen LogP) is 6.07. The highest BCUT2D eigenvalue weighted by atomic mass is 16.4. The Hall–Kier alpha value is -3.41. The monoisotopic (exact) mass is 432 g/mol. The van der Waals surface area contributed by atoms with E-state index in [0.29, 0.717) is 24.6 Å². The first-order valence-electron chi connectivity index (χ1n) is 11.2. The maximum Gasteiger partial charge on any atom is 0.290 e. The zero-order valence-electron chi connectivity index (χ0n) is 18.6. The summed E-state index contributed by atoms with van der Waals surface area (Å²) in [7, 11) is 0. The quantitative estimate of drug-likeness (QED) is 0.370. The van der Waals surface area contributed by atoms with Crippen LogP contribution >= 0.6 is 0 Å². The Bertz CT molecular complexity index is 1210. The fourth-order valence-electron chi connectivity index (χ4n) is 4.39. The summed E-state index contributed by atoms with van der Waals surface area (Å²) in [6, 6.07) is 13.7. The van der Waals surface area contributed by atoms with Gasteiger partial charge in [0.25, 0.3) is 5.91 Å². The minimum Gasteiger partial charge on any atom is -0.467 e. The highest BCUT2D eigenvalue weighted by Crippen LogP contribution is 2.29. The second-order valence-corrected chi connectivity index (χ2v) is 8.58. The summed E-state index contributed by atoms with van der Waals surface area (Å²) in [6.07, 6.45) is 5.26. The molecule has 1 aliphatic rings. The second kappa shape index (κ2) is 8.61. The number of benzene rings is 1. The molecule has 4 aromatic rings. The Kier molecular flexibility index (Phi) is 5.52. The maximum atomic E-state index is 13.6. The van der Waals surface area contributed by atoms with Gasteiger partial charge in [-0.05, 0) is 62.9 Å². The van der Waals surface area contributed by atoms with E-state index in [1.54, 1.807) is 11.2 Å². The van der Waals surface area contributed by atoms with Gasteiger partial charge in [0, 0.05) is 30.1 Å². The van der Waals surface area contributed by atoms with Crippen molar-refractivity contribution in [2.75, 3.05) is 18.0 Å².